The summed E-state index contributed by atoms with van der Waals surface area (Å²) in [7, 11) is 0. The Kier molecular flexibility index (Phi) is 6.80. The molecule has 0 aromatic carbocycles. The first-order chi connectivity index (χ1) is 16.2. The van der Waals surface area contributed by atoms with Crippen LogP contribution in [0.5, 0.6) is 0 Å². The van der Waals surface area contributed by atoms with Gasteiger partial charge in [0.2, 0.25) is 0 Å². The summed E-state index contributed by atoms with van der Waals surface area (Å²) in [4.78, 5) is 19.4. The number of nitrogens with zero attached hydrogens (tertiary/aromatic N) is 5. The van der Waals surface area contributed by atoms with E-state index in [0.717, 1.165) is 50.0 Å². The highest BCUT2D eigenvalue weighted by atomic mass is 16.6. The van der Waals surface area contributed by atoms with E-state index in [4.69, 9.17) is 14.5 Å². The van der Waals surface area contributed by atoms with Crippen molar-refractivity contribution in [1.29, 1.82) is 5.26 Å². The fraction of sp³-hybridized carbons (Fsp3) is 0.600. The lowest BCUT2D eigenvalue weighted by Crippen LogP contribution is -2.44. The SMILES string of the molecule is C[C@@H]1COCCN1c1cc(C2(C#N)CCCCC2)cc(Nc2ccn(C(=O)OC(C)(C)C)n2)n1. The molecule has 1 aliphatic carbocycles. The Bertz CT molecular complexity index is 1060. The van der Waals surface area contributed by atoms with Gasteiger partial charge in [-0.1, -0.05) is 19.3 Å². The highest BCUT2D eigenvalue weighted by molar-refractivity contribution is 5.71. The monoisotopic (exact) mass is 466 g/mol. The van der Waals surface area contributed by atoms with Crippen molar-refractivity contribution in [2.75, 3.05) is 30.0 Å². The van der Waals surface area contributed by atoms with Gasteiger partial charge in [0.05, 0.1) is 30.7 Å². The van der Waals surface area contributed by atoms with Crippen molar-refractivity contribution in [1.82, 2.24) is 14.8 Å². The van der Waals surface area contributed by atoms with Crippen LogP contribution in [-0.2, 0) is 14.9 Å². The molecule has 2 aromatic rings. The number of carbonyl (C=O) groups is 1. The standard InChI is InChI=1S/C25H34N6O3/c1-18-16-33-13-12-30(18)22-15-19(25(17-26)9-6-5-7-10-25)14-21(28-22)27-20-8-11-31(29-20)23(32)34-24(2,3)4/h8,11,14-15,18H,5-7,9-10,12-13,16H2,1-4H3,(H,27,28,29)/t18-/m1/s1. The van der Waals surface area contributed by atoms with Crippen molar-refractivity contribution in [2.24, 2.45) is 0 Å². The number of nitriles is 1. The summed E-state index contributed by atoms with van der Waals surface area (Å²) in [5.74, 6) is 1.90. The number of morpholine rings is 1. The van der Waals surface area contributed by atoms with Crippen LogP contribution in [-0.4, -0.2) is 52.3 Å². The maximum atomic E-state index is 12.3. The first-order valence-corrected chi connectivity index (χ1v) is 12.0. The first-order valence-electron chi connectivity index (χ1n) is 12.0. The van der Waals surface area contributed by atoms with Crippen molar-refractivity contribution >= 4 is 23.5 Å². The predicted octanol–water partition coefficient (Wildman–Crippen LogP) is 4.76. The number of rotatable bonds is 4. The number of pyridine rings is 1. The molecule has 34 heavy (non-hydrogen) atoms. The van der Waals surface area contributed by atoms with Crippen molar-refractivity contribution < 1.29 is 14.3 Å². The second kappa shape index (κ2) is 9.63. The molecule has 0 bridgehead atoms. The maximum Gasteiger partial charge on any atom is 0.435 e. The second-order valence-electron chi connectivity index (χ2n) is 10.2. The van der Waals surface area contributed by atoms with E-state index in [1.165, 1.54) is 4.68 Å². The van der Waals surface area contributed by atoms with Gasteiger partial charge in [-0.05, 0) is 58.2 Å². The average molecular weight is 467 g/mol. The van der Waals surface area contributed by atoms with E-state index in [9.17, 15) is 10.1 Å². The van der Waals surface area contributed by atoms with Gasteiger partial charge in [0.1, 0.15) is 17.2 Å². The van der Waals surface area contributed by atoms with Gasteiger partial charge in [0.15, 0.2) is 5.82 Å². The van der Waals surface area contributed by atoms with Crippen LogP contribution in [0.4, 0.5) is 22.2 Å². The van der Waals surface area contributed by atoms with Crippen LogP contribution in [0.1, 0.15) is 65.4 Å². The minimum atomic E-state index is -0.609. The fourth-order valence-corrected chi connectivity index (χ4v) is 4.62. The normalized spacial score (nSPS) is 20.4. The van der Waals surface area contributed by atoms with E-state index >= 15 is 0 Å². The summed E-state index contributed by atoms with van der Waals surface area (Å²) in [6.45, 7) is 9.57. The van der Waals surface area contributed by atoms with Crippen LogP contribution in [0.3, 0.4) is 0 Å². The third kappa shape index (κ3) is 5.33. The third-order valence-electron chi connectivity index (χ3n) is 6.37. The van der Waals surface area contributed by atoms with E-state index in [1.807, 2.05) is 26.8 Å². The van der Waals surface area contributed by atoms with Crippen molar-refractivity contribution in [3.63, 3.8) is 0 Å². The number of anilines is 3. The van der Waals surface area contributed by atoms with Crippen LogP contribution in [0.25, 0.3) is 0 Å². The van der Waals surface area contributed by atoms with Crippen LogP contribution in [0, 0.1) is 11.3 Å². The van der Waals surface area contributed by atoms with Gasteiger partial charge in [0, 0.05) is 18.8 Å². The summed E-state index contributed by atoms with van der Waals surface area (Å²) in [5, 5.41) is 17.8. The predicted molar refractivity (Wildman–Crippen MR) is 129 cm³/mol. The maximum absolute atomic E-state index is 12.3. The fourth-order valence-electron chi connectivity index (χ4n) is 4.62. The molecule has 1 saturated carbocycles. The Balaban J connectivity index is 1.66. The molecule has 2 fully saturated rings. The van der Waals surface area contributed by atoms with E-state index in [1.54, 1.807) is 12.3 Å². The summed E-state index contributed by atoms with van der Waals surface area (Å²) in [6, 6.07) is 8.54. The Morgan fingerprint density at radius 1 is 1.26 bits per heavy atom. The molecule has 0 radical (unpaired) electrons. The smallest absolute Gasteiger partial charge is 0.435 e. The van der Waals surface area contributed by atoms with E-state index < -0.39 is 17.1 Å². The molecule has 1 saturated heterocycles. The van der Waals surface area contributed by atoms with Gasteiger partial charge in [-0.15, -0.1) is 5.10 Å². The lowest BCUT2D eigenvalue weighted by molar-refractivity contribution is 0.0515. The molecule has 182 valence electrons. The number of hydrogen-bond donors (Lipinski definition) is 1. The number of ether oxygens (including phenoxy) is 2. The zero-order valence-corrected chi connectivity index (χ0v) is 20.5. The first kappa shape index (κ1) is 24.0. The molecular weight excluding hydrogens is 432 g/mol. The Labute approximate surface area is 201 Å². The Hall–Kier alpha value is -3.12. The van der Waals surface area contributed by atoms with E-state index in [0.29, 0.717) is 24.8 Å². The number of hydrogen-bond acceptors (Lipinski definition) is 8. The van der Waals surface area contributed by atoms with Crippen molar-refractivity contribution in [2.45, 2.75) is 76.9 Å². The topological polar surface area (TPSA) is 105 Å². The molecule has 0 spiro atoms. The molecule has 3 heterocycles. The van der Waals surface area contributed by atoms with Crippen molar-refractivity contribution in [3.8, 4) is 6.07 Å². The molecule has 1 N–H and O–H groups in total. The number of aromatic nitrogens is 3. The minimum absolute atomic E-state index is 0.181. The number of nitrogens with one attached hydrogen (secondary N) is 1. The van der Waals surface area contributed by atoms with Crippen LogP contribution in [0.15, 0.2) is 24.4 Å². The molecule has 9 heteroatoms. The molecule has 2 aliphatic rings. The summed E-state index contributed by atoms with van der Waals surface area (Å²) < 4.78 is 12.2. The Morgan fingerprint density at radius 2 is 2.03 bits per heavy atom. The van der Waals surface area contributed by atoms with Gasteiger partial charge in [-0.3, -0.25) is 0 Å². The van der Waals surface area contributed by atoms with Crippen LogP contribution >= 0.6 is 0 Å². The highest BCUT2D eigenvalue weighted by Gasteiger charge is 2.35. The molecular formula is C25H34N6O3. The van der Waals surface area contributed by atoms with Gasteiger partial charge in [0.25, 0.3) is 0 Å². The third-order valence-corrected chi connectivity index (χ3v) is 6.37. The zero-order valence-electron chi connectivity index (χ0n) is 20.5. The molecule has 0 amide bonds. The van der Waals surface area contributed by atoms with Gasteiger partial charge < -0.3 is 19.7 Å². The summed E-state index contributed by atoms with van der Waals surface area (Å²) in [6.07, 6.45) is 5.95. The zero-order chi connectivity index (χ0) is 24.3. The lowest BCUT2D eigenvalue weighted by atomic mass is 9.70. The molecule has 2 aromatic heterocycles. The number of carbonyl (C=O) groups excluding carboxylic acids is 1. The van der Waals surface area contributed by atoms with Gasteiger partial charge in [-0.25, -0.2) is 9.78 Å². The molecule has 1 atom stereocenters. The van der Waals surface area contributed by atoms with Crippen molar-refractivity contribution in [3.05, 3.63) is 30.0 Å². The highest BCUT2D eigenvalue weighted by Crippen LogP contribution is 2.41. The van der Waals surface area contributed by atoms with Gasteiger partial charge >= 0.3 is 6.09 Å². The lowest BCUT2D eigenvalue weighted by Gasteiger charge is -2.36. The summed E-state index contributed by atoms with van der Waals surface area (Å²) in [5.41, 5.74) is -0.146. The quantitative estimate of drug-likeness (QED) is 0.688. The Morgan fingerprint density at radius 3 is 2.71 bits per heavy atom. The van der Waals surface area contributed by atoms with E-state index in [-0.39, 0.29) is 6.04 Å². The largest absolute Gasteiger partial charge is 0.442 e. The second-order valence-corrected chi connectivity index (χ2v) is 10.2. The average Bonchev–Trinajstić information content (AvgIpc) is 3.27. The van der Waals surface area contributed by atoms with Crippen LogP contribution < -0.4 is 10.2 Å². The van der Waals surface area contributed by atoms with Gasteiger partial charge in [-0.2, -0.15) is 9.94 Å². The molecule has 1 aliphatic heterocycles. The summed E-state index contributed by atoms with van der Waals surface area (Å²) >= 11 is 0. The van der Waals surface area contributed by atoms with E-state index in [2.05, 4.69) is 34.4 Å². The molecule has 0 unspecified atom stereocenters. The molecule has 4 rings (SSSR count). The van der Waals surface area contributed by atoms with Crippen LogP contribution in [0.2, 0.25) is 0 Å². The minimum Gasteiger partial charge on any atom is -0.442 e. The molecule has 9 nitrogen and oxygen atoms in total.